The molecule has 2 aromatic rings. The monoisotopic (exact) mass is 832 g/mol. The Kier molecular flexibility index (Phi) is 18.6. The lowest BCUT2D eigenvalue weighted by molar-refractivity contribution is -0.141. The highest BCUT2D eigenvalue weighted by Crippen LogP contribution is 2.25. The molecule has 0 radical (unpaired) electrons. The topological polar surface area (TPSA) is 210 Å². The van der Waals surface area contributed by atoms with Crippen molar-refractivity contribution in [2.45, 2.75) is 58.5 Å². The van der Waals surface area contributed by atoms with Gasteiger partial charge in [-0.05, 0) is 47.7 Å². The van der Waals surface area contributed by atoms with Crippen LogP contribution in [0.5, 0.6) is 0 Å². The van der Waals surface area contributed by atoms with Gasteiger partial charge in [-0.15, -0.1) is 0 Å². The standard InChI is InChI=1S/C42H56N8O10/c1-31-26-40(55)50(47-41(31)32-6-8-35(9-7-32)46-42(56)48-28-33-12-15-43-27-34(33)29-48)17-5-3-2-4-14-44-36(51)13-18-57-20-22-59-24-25-60-23-21-58-19-16-45-37(52)30-49-38(53)10-11-39(49)54/h6-12,15,27,31H,2-5,13-14,16-26,28-30H2,1H3,(H,44,51)(H,45,52)(H,46,56). The van der Waals surface area contributed by atoms with E-state index in [1.807, 2.05) is 37.3 Å². The molecule has 3 aliphatic rings. The smallest absolute Gasteiger partial charge is 0.322 e. The minimum absolute atomic E-state index is 0.0122. The number of hydrazone groups is 1. The van der Waals surface area contributed by atoms with Crippen LogP contribution in [0.25, 0.3) is 0 Å². The molecule has 1 atom stereocenters. The quantitative estimate of drug-likeness (QED) is 0.0926. The fourth-order valence-corrected chi connectivity index (χ4v) is 6.59. The molecule has 1 unspecified atom stereocenters. The maximum absolute atomic E-state index is 12.9. The summed E-state index contributed by atoms with van der Waals surface area (Å²) in [6.45, 7) is 6.90. The summed E-state index contributed by atoms with van der Waals surface area (Å²) in [5.41, 5.74) is 4.63. The molecule has 0 saturated carbocycles. The van der Waals surface area contributed by atoms with Gasteiger partial charge < -0.3 is 39.8 Å². The van der Waals surface area contributed by atoms with Crippen LogP contribution in [0.2, 0.25) is 0 Å². The van der Waals surface area contributed by atoms with Crippen LogP contribution in [0.4, 0.5) is 10.5 Å². The molecule has 3 aliphatic heterocycles. The van der Waals surface area contributed by atoms with Crippen LogP contribution in [0.1, 0.15) is 62.1 Å². The molecule has 0 saturated heterocycles. The number of nitrogens with one attached hydrogen (secondary N) is 3. The van der Waals surface area contributed by atoms with Crippen LogP contribution in [0, 0.1) is 5.92 Å². The van der Waals surface area contributed by atoms with Crippen molar-refractivity contribution >= 4 is 47.0 Å². The Morgan fingerprint density at radius 3 is 2.07 bits per heavy atom. The molecule has 3 N–H and O–H groups in total. The number of pyridine rings is 1. The molecule has 0 bridgehead atoms. The second-order valence-electron chi connectivity index (χ2n) is 14.5. The summed E-state index contributed by atoms with van der Waals surface area (Å²) in [5.74, 6) is -1.52. The maximum atomic E-state index is 12.9. The zero-order valence-electron chi connectivity index (χ0n) is 34.2. The number of hydrogen-bond donors (Lipinski definition) is 3. The van der Waals surface area contributed by atoms with Gasteiger partial charge in [0.1, 0.15) is 6.54 Å². The van der Waals surface area contributed by atoms with E-state index >= 15 is 0 Å². The minimum atomic E-state index is -0.502. The number of anilines is 1. The Bertz CT molecular complexity index is 1800. The van der Waals surface area contributed by atoms with Crippen molar-refractivity contribution in [3.8, 4) is 0 Å². The first-order valence-electron chi connectivity index (χ1n) is 20.5. The molecule has 0 spiro atoms. The number of carbonyl (C=O) groups excluding carboxylic acids is 6. The third-order valence-corrected chi connectivity index (χ3v) is 9.89. The van der Waals surface area contributed by atoms with Gasteiger partial charge in [-0.2, -0.15) is 5.10 Å². The molecule has 0 aliphatic carbocycles. The normalized spacial score (nSPS) is 16.0. The van der Waals surface area contributed by atoms with Crippen molar-refractivity contribution in [2.24, 2.45) is 11.0 Å². The molecule has 60 heavy (non-hydrogen) atoms. The lowest BCUT2D eigenvalue weighted by atomic mass is 9.93. The van der Waals surface area contributed by atoms with Gasteiger partial charge in [0.25, 0.3) is 11.8 Å². The van der Waals surface area contributed by atoms with E-state index in [-0.39, 0.29) is 49.9 Å². The van der Waals surface area contributed by atoms with Crippen LogP contribution in [0.3, 0.4) is 0 Å². The summed E-state index contributed by atoms with van der Waals surface area (Å²) < 4.78 is 21.8. The number of benzene rings is 1. The van der Waals surface area contributed by atoms with Crippen molar-refractivity contribution in [3.63, 3.8) is 0 Å². The Balaban J connectivity index is 0.809. The van der Waals surface area contributed by atoms with Gasteiger partial charge in [-0.1, -0.05) is 31.9 Å². The van der Waals surface area contributed by atoms with Gasteiger partial charge >= 0.3 is 6.03 Å². The number of ether oxygens (including phenoxy) is 4. The number of rotatable bonds is 26. The van der Waals surface area contributed by atoms with Crippen LogP contribution in [0.15, 0.2) is 60.0 Å². The zero-order valence-corrected chi connectivity index (χ0v) is 34.2. The van der Waals surface area contributed by atoms with Crippen molar-refractivity contribution in [1.29, 1.82) is 0 Å². The first-order valence-corrected chi connectivity index (χ1v) is 20.5. The van der Waals surface area contributed by atoms with Crippen molar-refractivity contribution in [1.82, 2.24) is 30.4 Å². The van der Waals surface area contributed by atoms with Gasteiger partial charge in [0.05, 0.1) is 58.6 Å². The number of urea groups is 1. The maximum Gasteiger partial charge on any atom is 0.322 e. The number of imide groups is 1. The Morgan fingerprint density at radius 2 is 1.37 bits per heavy atom. The van der Waals surface area contributed by atoms with E-state index in [1.165, 1.54) is 0 Å². The van der Waals surface area contributed by atoms with Crippen molar-refractivity contribution < 1.29 is 47.7 Å². The van der Waals surface area contributed by atoms with E-state index < -0.39 is 17.7 Å². The molecule has 4 heterocycles. The van der Waals surface area contributed by atoms with Gasteiger partial charge in [0, 0.05) is 81.7 Å². The lowest BCUT2D eigenvalue weighted by Gasteiger charge is -2.28. The predicted molar refractivity (Wildman–Crippen MR) is 219 cm³/mol. The molecule has 18 heteroatoms. The summed E-state index contributed by atoms with van der Waals surface area (Å²) in [6, 6.07) is 9.37. The van der Waals surface area contributed by atoms with E-state index in [9.17, 15) is 28.8 Å². The Labute approximate surface area is 350 Å². The average Bonchev–Trinajstić information content (AvgIpc) is 3.82. The predicted octanol–water partition coefficient (Wildman–Crippen LogP) is 2.38. The number of amides is 7. The van der Waals surface area contributed by atoms with Crippen LogP contribution >= 0.6 is 0 Å². The third kappa shape index (κ3) is 14.9. The van der Waals surface area contributed by atoms with Gasteiger partial charge in [0.15, 0.2) is 0 Å². The van der Waals surface area contributed by atoms with Gasteiger partial charge in [-0.3, -0.25) is 33.9 Å². The summed E-state index contributed by atoms with van der Waals surface area (Å²) in [6.07, 6.45) is 9.92. The molecule has 1 aromatic heterocycles. The summed E-state index contributed by atoms with van der Waals surface area (Å²) in [7, 11) is 0. The van der Waals surface area contributed by atoms with Crippen molar-refractivity contribution in [3.05, 3.63) is 71.6 Å². The fourth-order valence-electron chi connectivity index (χ4n) is 6.59. The van der Waals surface area contributed by atoms with E-state index in [1.54, 1.807) is 22.3 Å². The molecule has 18 nitrogen and oxygen atoms in total. The van der Waals surface area contributed by atoms with E-state index in [0.29, 0.717) is 84.5 Å². The number of unbranched alkanes of at least 4 members (excludes halogenated alkanes) is 3. The third-order valence-electron chi connectivity index (χ3n) is 9.89. The highest BCUT2D eigenvalue weighted by molar-refractivity contribution is 6.14. The van der Waals surface area contributed by atoms with Crippen LogP contribution < -0.4 is 16.0 Å². The van der Waals surface area contributed by atoms with Crippen LogP contribution in [-0.2, 0) is 56.0 Å². The summed E-state index contributed by atoms with van der Waals surface area (Å²) in [5, 5.41) is 14.8. The number of aromatic nitrogens is 1. The lowest BCUT2D eigenvalue weighted by Crippen LogP contribution is -2.41. The summed E-state index contributed by atoms with van der Waals surface area (Å²) >= 11 is 0. The van der Waals surface area contributed by atoms with Gasteiger partial charge in [0.2, 0.25) is 17.7 Å². The number of fused-ring (bicyclic) bond motifs is 1. The minimum Gasteiger partial charge on any atom is -0.379 e. The molecular formula is C42H56N8O10. The SMILES string of the molecule is CC1CC(=O)N(CCCCCCNC(=O)CCOCCOCCOCCOCCNC(=O)CN2C(=O)C=CC2=O)N=C1c1ccc(NC(=O)N2Cc3ccncc3C2)cc1. The largest absolute Gasteiger partial charge is 0.379 e. The Hall–Kier alpha value is -5.56. The molecular weight excluding hydrogens is 777 g/mol. The number of carbonyl (C=O) groups is 6. The highest BCUT2D eigenvalue weighted by atomic mass is 16.6. The molecule has 5 rings (SSSR count). The fraction of sp³-hybridized carbons (Fsp3) is 0.524. The molecule has 0 fully saturated rings. The first kappa shape index (κ1) is 45.5. The number of hydrogen-bond acceptors (Lipinski definition) is 12. The van der Waals surface area contributed by atoms with E-state index in [0.717, 1.165) is 65.1 Å². The average molecular weight is 833 g/mol. The first-order chi connectivity index (χ1) is 29.2. The summed E-state index contributed by atoms with van der Waals surface area (Å²) in [4.78, 5) is 79.3. The Morgan fingerprint density at radius 1 is 0.733 bits per heavy atom. The van der Waals surface area contributed by atoms with E-state index in [2.05, 4.69) is 20.9 Å². The molecule has 7 amide bonds. The van der Waals surface area contributed by atoms with E-state index in [4.69, 9.17) is 24.0 Å². The molecule has 324 valence electrons. The second-order valence-corrected chi connectivity index (χ2v) is 14.5. The van der Waals surface area contributed by atoms with Gasteiger partial charge in [-0.25, -0.2) is 9.80 Å². The number of nitrogens with zero attached hydrogens (tertiary/aromatic N) is 5. The highest BCUT2D eigenvalue weighted by Gasteiger charge is 2.28. The zero-order chi connectivity index (χ0) is 42.5. The molecule has 1 aromatic carbocycles. The van der Waals surface area contributed by atoms with Crippen molar-refractivity contribution in [2.75, 3.05) is 84.4 Å². The second kappa shape index (κ2) is 24.5. The van der Waals surface area contributed by atoms with Crippen LogP contribution in [-0.4, -0.2) is 140 Å².